The van der Waals surface area contributed by atoms with Gasteiger partial charge in [-0.2, -0.15) is 4.98 Å². The molecule has 2 heterocycles. The van der Waals surface area contributed by atoms with Gasteiger partial charge in [0.25, 0.3) is 0 Å². The Morgan fingerprint density at radius 2 is 2.06 bits per heavy atom. The molecular weight excluding hydrogens is 216 g/mol. The van der Waals surface area contributed by atoms with Crippen LogP contribution in [0.1, 0.15) is 31.5 Å². The number of rotatable bonds is 4. The lowest BCUT2D eigenvalue weighted by molar-refractivity contribution is 0.367. The summed E-state index contributed by atoms with van der Waals surface area (Å²) in [5.41, 5.74) is 0. The van der Waals surface area contributed by atoms with Crippen molar-refractivity contribution >= 4 is 6.01 Å². The molecule has 1 saturated heterocycles. The van der Waals surface area contributed by atoms with Gasteiger partial charge in [0.05, 0.1) is 0 Å². The molecule has 0 atom stereocenters. The summed E-state index contributed by atoms with van der Waals surface area (Å²) in [5, 5.41) is 7.50. The van der Waals surface area contributed by atoms with Gasteiger partial charge in [-0.05, 0) is 45.1 Å². The molecule has 2 fully saturated rings. The summed E-state index contributed by atoms with van der Waals surface area (Å²) in [7, 11) is 0. The van der Waals surface area contributed by atoms with Crippen LogP contribution in [0.2, 0.25) is 0 Å². The predicted octanol–water partition coefficient (Wildman–Crippen LogP) is 1.35. The molecule has 1 aromatic heterocycles. The van der Waals surface area contributed by atoms with Crippen LogP contribution in [0.5, 0.6) is 0 Å². The second-order valence-electron chi connectivity index (χ2n) is 5.24. The van der Waals surface area contributed by atoms with Crippen molar-refractivity contribution in [3.8, 4) is 0 Å². The molecule has 1 N–H and O–H groups in total. The van der Waals surface area contributed by atoms with E-state index in [1.54, 1.807) is 0 Å². The van der Waals surface area contributed by atoms with Gasteiger partial charge in [0.2, 0.25) is 0 Å². The largest absolute Gasteiger partial charge is 0.324 e. The van der Waals surface area contributed by atoms with E-state index in [4.69, 9.17) is 4.52 Å². The summed E-state index contributed by atoms with van der Waals surface area (Å²) in [6, 6.07) is 1.36. The third-order valence-electron chi connectivity index (χ3n) is 3.67. The van der Waals surface area contributed by atoms with Gasteiger partial charge in [-0.25, -0.2) is 0 Å². The Labute approximate surface area is 102 Å². The maximum Gasteiger partial charge on any atom is 0.324 e. The summed E-state index contributed by atoms with van der Waals surface area (Å²) in [6.45, 7) is 5.11. The maximum atomic E-state index is 5.19. The molecule has 1 aliphatic carbocycles. The Morgan fingerprint density at radius 3 is 2.65 bits per heavy atom. The molecule has 0 unspecified atom stereocenters. The van der Waals surface area contributed by atoms with Gasteiger partial charge < -0.3 is 14.7 Å². The fourth-order valence-electron chi connectivity index (χ4n) is 2.34. The molecule has 1 saturated carbocycles. The number of piperidine rings is 1. The fourth-order valence-corrected chi connectivity index (χ4v) is 2.34. The summed E-state index contributed by atoms with van der Waals surface area (Å²) in [4.78, 5) is 6.46. The zero-order valence-corrected chi connectivity index (χ0v) is 10.4. The highest BCUT2D eigenvalue weighted by atomic mass is 16.5. The normalized spacial score (nSPS) is 22.1. The number of hydrogen-bond donors (Lipinski definition) is 1. The van der Waals surface area contributed by atoms with Crippen LogP contribution in [0.4, 0.5) is 6.01 Å². The first-order valence-electron chi connectivity index (χ1n) is 6.60. The van der Waals surface area contributed by atoms with Crippen molar-refractivity contribution in [2.45, 2.75) is 38.6 Å². The van der Waals surface area contributed by atoms with Crippen molar-refractivity contribution in [2.75, 3.05) is 24.5 Å². The number of aryl methyl sites for hydroxylation is 1. The monoisotopic (exact) mass is 236 g/mol. The van der Waals surface area contributed by atoms with Gasteiger partial charge >= 0.3 is 6.01 Å². The molecule has 5 heteroatoms. The maximum absolute atomic E-state index is 5.19. The second-order valence-corrected chi connectivity index (χ2v) is 5.24. The van der Waals surface area contributed by atoms with Crippen molar-refractivity contribution in [1.29, 1.82) is 0 Å². The lowest BCUT2D eigenvalue weighted by Crippen LogP contribution is -2.43. The molecular formula is C12H20N4O. The Kier molecular flexibility index (Phi) is 3.01. The predicted molar refractivity (Wildman–Crippen MR) is 65.0 cm³/mol. The topological polar surface area (TPSA) is 54.2 Å². The van der Waals surface area contributed by atoms with Gasteiger partial charge in [0.1, 0.15) is 0 Å². The lowest BCUT2D eigenvalue weighted by atomic mass is 10.1. The van der Waals surface area contributed by atoms with E-state index in [0.29, 0.717) is 17.9 Å². The van der Waals surface area contributed by atoms with Crippen molar-refractivity contribution < 1.29 is 4.52 Å². The number of nitrogens with one attached hydrogen (secondary N) is 1. The fraction of sp³-hybridized carbons (Fsp3) is 0.833. The van der Waals surface area contributed by atoms with Gasteiger partial charge in [0.15, 0.2) is 5.82 Å². The third-order valence-corrected chi connectivity index (χ3v) is 3.67. The van der Waals surface area contributed by atoms with Crippen molar-refractivity contribution in [2.24, 2.45) is 5.92 Å². The van der Waals surface area contributed by atoms with Gasteiger partial charge in [0, 0.05) is 19.1 Å². The molecule has 0 bridgehead atoms. The quantitative estimate of drug-likeness (QED) is 0.855. The number of nitrogens with zero attached hydrogens (tertiary/aromatic N) is 3. The van der Waals surface area contributed by atoms with Gasteiger partial charge in [-0.1, -0.05) is 5.16 Å². The minimum absolute atomic E-state index is 0.677. The van der Waals surface area contributed by atoms with Crippen LogP contribution in [0.25, 0.3) is 0 Å². The van der Waals surface area contributed by atoms with Crippen molar-refractivity contribution in [3.05, 3.63) is 5.82 Å². The number of aromatic nitrogens is 2. The SMILES string of the molecule is Cc1noc(N2CCC(NCC3CC3)CC2)n1. The number of hydrogen-bond acceptors (Lipinski definition) is 5. The summed E-state index contributed by atoms with van der Waals surface area (Å²) >= 11 is 0. The highest BCUT2D eigenvalue weighted by Crippen LogP contribution is 2.28. The first kappa shape index (κ1) is 11.0. The Morgan fingerprint density at radius 1 is 1.29 bits per heavy atom. The minimum Gasteiger partial charge on any atom is -0.324 e. The average molecular weight is 236 g/mol. The molecule has 94 valence electrons. The first-order chi connectivity index (χ1) is 8.31. The highest BCUT2D eigenvalue weighted by molar-refractivity contribution is 5.25. The third kappa shape index (κ3) is 2.77. The Hall–Kier alpha value is -1.10. The zero-order valence-electron chi connectivity index (χ0n) is 10.4. The molecule has 0 aromatic carbocycles. The van der Waals surface area contributed by atoms with E-state index >= 15 is 0 Å². The zero-order chi connectivity index (χ0) is 11.7. The summed E-state index contributed by atoms with van der Waals surface area (Å²) in [6.07, 6.45) is 5.20. The molecule has 3 rings (SSSR count). The van der Waals surface area contributed by atoms with Crippen LogP contribution >= 0.6 is 0 Å². The molecule has 0 radical (unpaired) electrons. The molecule has 0 spiro atoms. The second kappa shape index (κ2) is 4.64. The van der Waals surface area contributed by atoms with E-state index < -0.39 is 0 Å². The Balaban J connectivity index is 1.46. The van der Waals surface area contributed by atoms with Gasteiger partial charge in [-0.3, -0.25) is 0 Å². The van der Waals surface area contributed by atoms with Crippen LogP contribution < -0.4 is 10.2 Å². The molecule has 1 aliphatic heterocycles. The molecule has 2 aliphatic rings. The van der Waals surface area contributed by atoms with E-state index in [9.17, 15) is 0 Å². The van der Waals surface area contributed by atoms with Crippen LogP contribution in [0.15, 0.2) is 4.52 Å². The van der Waals surface area contributed by atoms with Crippen LogP contribution in [0.3, 0.4) is 0 Å². The molecule has 17 heavy (non-hydrogen) atoms. The molecule has 1 aromatic rings. The van der Waals surface area contributed by atoms with Crippen molar-refractivity contribution in [1.82, 2.24) is 15.5 Å². The van der Waals surface area contributed by atoms with Gasteiger partial charge in [-0.15, -0.1) is 0 Å². The first-order valence-corrected chi connectivity index (χ1v) is 6.60. The van der Waals surface area contributed by atoms with Crippen LogP contribution in [-0.2, 0) is 0 Å². The molecule has 5 nitrogen and oxygen atoms in total. The standard InChI is InChI=1S/C12H20N4O/c1-9-14-12(17-15-9)16-6-4-11(5-7-16)13-8-10-2-3-10/h10-11,13H,2-8H2,1H3. The van der Waals surface area contributed by atoms with E-state index in [1.165, 1.54) is 32.2 Å². The molecule has 0 amide bonds. The smallest absolute Gasteiger partial charge is 0.324 e. The summed E-state index contributed by atoms with van der Waals surface area (Å²) in [5.74, 6) is 1.68. The van der Waals surface area contributed by atoms with E-state index in [1.807, 2.05) is 6.92 Å². The Bertz CT molecular complexity index is 366. The van der Waals surface area contributed by atoms with E-state index in [0.717, 1.165) is 19.0 Å². The van der Waals surface area contributed by atoms with Crippen LogP contribution in [0, 0.1) is 12.8 Å². The minimum atomic E-state index is 0.677. The van der Waals surface area contributed by atoms with Crippen molar-refractivity contribution in [3.63, 3.8) is 0 Å². The van der Waals surface area contributed by atoms with Crippen LogP contribution in [-0.4, -0.2) is 35.8 Å². The highest BCUT2D eigenvalue weighted by Gasteiger charge is 2.25. The number of anilines is 1. The summed E-state index contributed by atoms with van der Waals surface area (Å²) < 4.78 is 5.19. The van der Waals surface area contributed by atoms with E-state index in [-0.39, 0.29) is 0 Å². The lowest BCUT2D eigenvalue weighted by Gasteiger charge is -2.31. The average Bonchev–Trinajstić information content (AvgIpc) is 3.09. The van der Waals surface area contributed by atoms with E-state index in [2.05, 4.69) is 20.4 Å².